The van der Waals surface area contributed by atoms with E-state index < -0.39 is 17.5 Å². The van der Waals surface area contributed by atoms with Crippen LogP contribution in [0.1, 0.15) is 26.2 Å². The molecule has 1 amide bonds. The highest BCUT2D eigenvalue weighted by molar-refractivity contribution is 6.33. The Labute approximate surface area is 178 Å². The average Bonchev–Trinajstić information content (AvgIpc) is 2.73. The first-order valence-corrected chi connectivity index (χ1v) is 10.3. The van der Waals surface area contributed by atoms with Crippen LogP contribution >= 0.6 is 11.6 Å². The molecule has 0 bridgehead atoms. The molecule has 3 aromatic rings. The summed E-state index contributed by atoms with van der Waals surface area (Å²) in [6, 6.07) is 10.4. The maximum Gasteiger partial charge on any atom is 0.336 e. The van der Waals surface area contributed by atoms with Gasteiger partial charge in [0.2, 0.25) is 0 Å². The number of halogens is 2. The molecule has 4 rings (SSSR count). The van der Waals surface area contributed by atoms with Gasteiger partial charge in [-0.1, -0.05) is 11.6 Å². The summed E-state index contributed by atoms with van der Waals surface area (Å²) in [5.74, 6) is -0.0898. The van der Waals surface area contributed by atoms with Crippen LogP contribution in [-0.2, 0) is 4.79 Å². The van der Waals surface area contributed by atoms with E-state index in [1.54, 1.807) is 25.1 Å². The van der Waals surface area contributed by atoms with Crippen molar-refractivity contribution in [1.82, 2.24) is 4.90 Å². The van der Waals surface area contributed by atoms with Crippen LogP contribution in [0, 0.1) is 5.82 Å². The zero-order valence-corrected chi connectivity index (χ0v) is 17.2. The summed E-state index contributed by atoms with van der Waals surface area (Å²) in [6.07, 6.45) is 2.51. The Bertz CT molecular complexity index is 1150. The number of amides is 1. The van der Waals surface area contributed by atoms with E-state index in [4.69, 9.17) is 20.8 Å². The quantitative estimate of drug-likeness (QED) is 0.545. The Kier molecular flexibility index (Phi) is 5.77. The third-order valence-corrected chi connectivity index (χ3v) is 5.58. The van der Waals surface area contributed by atoms with E-state index in [1.807, 2.05) is 4.90 Å². The summed E-state index contributed by atoms with van der Waals surface area (Å²) in [5, 5.41) is 0.827. The number of fused-ring (bicyclic) bond motifs is 1. The predicted octanol–water partition coefficient (Wildman–Crippen LogP) is 5.03. The fourth-order valence-corrected chi connectivity index (χ4v) is 4.04. The first-order chi connectivity index (χ1) is 14.4. The summed E-state index contributed by atoms with van der Waals surface area (Å²) in [5.41, 5.74) is 0.800. The van der Waals surface area contributed by atoms with Gasteiger partial charge >= 0.3 is 5.63 Å². The van der Waals surface area contributed by atoms with E-state index in [1.165, 1.54) is 24.3 Å². The lowest BCUT2D eigenvalue weighted by atomic mass is 10.0. The standard InChI is InChI=1S/C23H21ClFNO4/c1-14(23(28)26-9-3-2-4-10-26)29-16-6-8-18-19(13-22(27)30-21(18)12-16)17-7-5-15(25)11-20(17)24/h5-8,11-14H,2-4,9-10H2,1H3. The Morgan fingerprint density at radius 2 is 1.87 bits per heavy atom. The molecule has 1 aliphatic heterocycles. The van der Waals surface area contributed by atoms with Crippen molar-refractivity contribution in [1.29, 1.82) is 0 Å². The van der Waals surface area contributed by atoms with Gasteiger partial charge in [0.15, 0.2) is 6.10 Å². The molecule has 7 heteroatoms. The Morgan fingerprint density at radius 3 is 2.60 bits per heavy atom. The molecule has 156 valence electrons. The third-order valence-electron chi connectivity index (χ3n) is 5.27. The first kappa shape index (κ1) is 20.4. The van der Waals surface area contributed by atoms with Crippen LogP contribution < -0.4 is 10.4 Å². The summed E-state index contributed by atoms with van der Waals surface area (Å²) in [6.45, 7) is 3.22. The number of nitrogens with zero attached hydrogens (tertiary/aromatic N) is 1. The lowest BCUT2D eigenvalue weighted by Crippen LogP contribution is -2.43. The van der Waals surface area contributed by atoms with E-state index in [2.05, 4.69) is 0 Å². The summed E-state index contributed by atoms with van der Waals surface area (Å²) in [4.78, 5) is 26.5. The maximum absolute atomic E-state index is 13.4. The number of ether oxygens (including phenoxy) is 1. The van der Waals surface area contributed by atoms with Gasteiger partial charge in [-0.15, -0.1) is 0 Å². The number of carbonyl (C=O) groups is 1. The van der Waals surface area contributed by atoms with Crippen molar-refractivity contribution in [2.45, 2.75) is 32.3 Å². The largest absolute Gasteiger partial charge is 0.481 e. The van der Waals surface area contributed by atoms with E-state index in [9.17, 15) is 14.0 Å². The topological polar surface area (TPSA) is 59.8 Å². The van der Waals surface area contributed by atoms with Gasteiger partial charge in [0.25, 0.3) is 5.91 Å². The zero-order valence-electron chi connectivity index (χ0n) is 16.5. The van der Waals surface area contributed by atoms with E-state index >= 15 is 0 Å². The number of hydrogen-bond donors (Lipinski definition) is 0. The lowest BCUT2D eigenvalue weighted by Gasteiger charge is -2.29. The molecular weight excluding hydrogens is 409 g/mol. The Balaban J connectivity index is 1.64. The molecule has 30 heavy (non-hydrogen) atoms. The molecule has 2 aromatic carbocycles. The van der Waals surface area contributed by atoms with E-state index in [0.717, 1.165) is 32.4 Å². The van der Waals surface area contributed by atoms with Crippen molar-refractivity contribution in [3.8, 4) is 16.9 Å². The number of rotatable bonds is 4. The van der Waals surface area contributed by atoms with Crippen LogP contribution in [0.4, 0.5) is 4.39 Å². The van der Waals surface area contributed by atoms with Crippen LogP contribution in [0.2, 0.25) is 5.02 Å². The molecule has 0 saturated carbocycles. The van der Waals surface area contributed by atoms with Crippen molar-refractivity contribution in [3.05, 3.63) is 63.7 Å². The van der Waals surface area contributed by atoms with Crippen LogP contribution in [0.25, 0.3) is 22.1 Å². The molecule has 2 heterocycles. The fourth-order valence-electron chi connectivity index (χ4n) is 3.77. The van der Waals surface area contributed by atoms with Crippen molar-refractivity contribution in [2.75, 3.05) is 13.1 Å². The summed E-state index contributed by atoms with van der Waals surface area (Å²) < 4.78 is 24.6. The lowest BCUT2D eigenvalue weighted by molar-refractivity contribution is -0.138. The highest BCUT2D eigenvalue weighted by Crippen LogP contribution is 2.34. The predicted molar refractivity (Wildman–Crippen MR) is 113 cm³/mol. The molecule has 1 aliphatic rings. The molecule has 1 atom stereocenters. The molecule has 0 aliphatic carbocycles. The summed E-state index contributed by atoms with van der Waals surface area (Å²) in [7, 11) is 0. The van der Waals surface area contributed by atoms with Gasteiger partial charge in [0.1, 0.15) is 17.1 Å². The van der Waals surface area contributed by atoms with Crippen molar-refractivity contribution < 1.29 is 18.3 Å². The molecule has 0 N–H and O–H groups in total. The van der Waals surface area contributed by atoms with Gasteiger partial charge in [-0.3, -0.25) is 4.79 Å². The smallest absolute Gasteiger partial charge is 0.336 e. The van der Waals surface area contributed by atoms with Crippen molar-refractivity contribution in [3.63, 3.8) is 0 Å². The van der Waals surface area contributed by atoms with Crippen LogP contribution in [0.15, 0.2) is 51.7 Å². The Morgan fingerprint density at radius 1 is 1.10 bits per heavy atom. The minimum absolute atomic E-state index is 0.0527. The number of hydrogen-bond acceptors (Lipinski definition) is 4. The highest BCUT2D eigenvalue weighted by Gasteiger charge is 2.23. The monoisotopic (exact) mass is 429 g/mol. The SMILES string of the molecule is CC(Oc1ccc2c(-c3ccc(F)cc3Cl)cc(=O)oc2c1)C(=O)N1CCCCC1. The second-order valence-corrected chi connectivity index (χ2v) is 7.81. The molecule has 1 unspecified atom stereocenters. The fraction of sp³-hybridized carbons (Fsp3) is 0.304. The molecule has 0 radical (unpaired) electrons. The summed E-state index contributed by atoms with van der Waals surface area (Å²) >= 11 is 6.19. The molecular formula is C23H21ClFNO4. The van der Waals surface area contributed by atoms with Crippen molar-refractivity contribution >= 4 is 28.5 Å². The van der Waals surface area contributed by atoms with Gasteiger partial charge in [0.05, 0.1) is 5.02 Å². The van der Waals surface area contributed by atoms with Crippen LogP contribution in [-0.4, -0.2) is 30.0 Å². The third kappa shape index (κ3) is 4.19. The maximum atomic E-state index is 13.4. The number of likely N-dealkylation sites (tertiary alicyclic amines) is 1. The number of piperidine rings is 1. The van der Waals surface area contributed by atoms with Crippen molar-refractivity contribution in [2.24, 2.45) is 0 Å². The van der Waals surface area contributed by atoms with E-state index in [0.29, 0.717) is 27.8 Å². The van der Waals surface area contributed by atoms with Crippen LogP contribution in [0.5, 0.6) is 5.75 Å². The first-order valence-electron chi connectivity index (χ1n) is 9.91. The minimum Gasteiger partial charge on any atom is -0.481 e. The van der Waals surface area contributed by atoms with E-state index in [-0.39, 0.29) is 10.9 Å². The van der Waals surface area contributed by atoms with Gasteiger partial charge in [0, 0.05) is 41.7 Å². The zero-order chi connectivity index (χ0) is 21.3. The average molecular weight is 430 g/mol. The number of benzene rings is 2. The number of carbonyl (C=O) groups excluding carboxylic acids is 1. The molecule has 1 saturated heterocycles. The van der Waals surface area contributed by atoms with Gasteiger partial charge in [-0.05, 0) is 56.5 Å². The van der Waals surface area contributed by atoms with Crippen LogP contribution in [0.3, 0.4) is 0 Å². The minimum atomic E-state index is -0.651. The van der Waals surface area contributed by atoms with Gasteiger partial charge in [-0.2, -0.15) is 0 Å². The Hall–Kier alpha value is -2.86. The molecule has 5 nitrogen and oxygen atoms in total. The van der Waals surface area contributed by atoms with Gasteiger partial charge < -0.3 is 14.1 Å². The highest BCUT2D eigenvalue weighted by atomic mass is 35.5. The molecule has 1 fully saturated rings. The molecule has 1 aromatic heterocycles. The molecule has 0 spiro atoms. The normalized spacial score (nSPS) is 15.2. The van der Waals surface area contributed by atoms with Gasteiger partial charge in [-0.25, -0.2) is 9.18 Å². The second-order valence-electron chi connectivity index (χ2n) is 7.41. The second kappa shape index (κ2) is 8.48.